The molecule has 2 N–H and O–H groups in total. The second-order valence-corrected chi connectivity index (χ2v) is 4.52. The van der Waals surface area contributed by atoms with Crippen LogP contribution in [0.4, 0.5) is 0 Å². The quantitative estimate of drug-likeness (QED) is 0.770. The normalized spacial score (nSPS) is 12.7. The molecule has 0 aromatic heterocycles. The summed E-state index contributed by atoms with van der Waals surface area (Å²) >= 11 is 5.16. The molecule has 0 spiro atoms. The maximum atomic E-state index is 5.83. The number of hydrogen-bond donors (Lipinski definition) is 1. The standard InChI is InChI=1S/C13H20N2S/c1-3-4-10-15(2)12(13(14)16)11-8-6-5-7-9-11/h5-9,12H,3-4,10H2,1-2H3,(H2,14,16). The molecular formula is C13H20N2S. The summed E-state index contributed by atoms with van der Waals surface area (Å²) in [6.07, 6.45) is 2.35. The number of benzene rings is 1. The van der Waals surface area contributed by atoms with Crippen molar-refractivity contribution in [2.45, 2.75) is 25.8 Å². The van der Waals surface area contributed by atoms with Gasteiger partial charge in [-0.1, -0.05) is 55.9 Å². The van der Waals surface area contributed by atoms with E-state index in [2.05, 4.69) is 31.0 Å². The zero-order chi connectivity index (χ0) is 12.0. The molecule has 1 aromatic rings. The summed E-state index contributed by atoms with van der Waals surface area (Å²) in [6, 6.07) is 10.3. The second-order valence-electron chi connectivity index (χ2n) is 4.05. The van der Waals surface area contributed by atoms with Gasteiger partial charge in [-0.25, -0.2) is 0 Å². The molecule has 0 heterocycles. The zero-order valence-corrected chi connectivity index (χ0v) is 10.8. The fourth-order valence-electron chi connectivity index (χ4n) is 1.81. The van der Waals surface area contributed by atoms with E-state index < -0.39 is 0 Å². The third kappa shape index (κ3) is 3.58. The first kappa shape index (κ1) is 13.1. The molecule has 0 aliphatic rings. The van der Waals surface area contributed by atoms with E-state index in [-0.39, 0.29) is 6.04 Å². The third-order valence-corrected chi connectivity index (χ3v) is 2.91. The molecule has 0 aliphatic heterocycles. The molecule has 0 radical (unpaired) electrons. The van der Waals surface area contributed by atoms with Crippen LogP contribution in [0.25, 0.3) is 0 Å². The Hall–Kier alpha value is -0.930. The van der Waals surface area contributed by atoms with Crippen molar-refractivity contribution in [1.82, 2.24) is 4.90 Å². The van der Waals surface area contributed by atoms with Gasteiger partial charge in [0.25, 0.3) is 0 Å². The molecule has 3 heteroatoms. The van der Waals surface area contributed by atoms with Gasteiger partial charge in [0.1, 0.15) is 0 Å². The topological polar surface area (TPSA) is 29.3 Å². The zero-order valence-electron chi connectivity index (χ0n) is 10.0. The van der Waals surface area contributed by atoms with Crippen molar-refractivity contribution in [3.63, 3.8) is 0 Å². The first-order chi connectivity index (χ1) is 7.66. The number of nitrogens with zero attached hydrogens (tertiary/aromatic N) is 1. The molecule has 1 atom stereocenters. The smallest absolute Gasteiger partial charge is 0.0948 e. The van der Waals surface area contributed by atoms with Gasteiger partial charge in [-0.2, -0.15) is 0 Å². The van der Waals surface area contributed by atoms with Crippen LogP contribution < -0.4 is 5.73 Å². The Balaban J connectivity index is 2.79. The van der Waals surface area contributed by atoms with Gasteiger partial charge in [0, 0.05) is 0 Å². The Morgan fingerprint density at radius 1 is 1.38 bits per heavy atom. The summed E-state index contributed by atoms with van der Waals surface area (Å²) < 4.78 is 0. The SMILES string of the molecule is CCCCN(C)C(C(N)=S)c1ccccc1. The number of thiocarbonyl (C=S) groups is 1. The molecule has 0 saturated heterocycles. The van der Waals surface area contributed by atoms with Gasteiger partial charge >= 0.3 is 0 Å². The van der Waals surface area contributed by atoms with Crippen LogP contribution in [0, 0.1) is 0 Å². The molecule has 1 unspecified atom stereocenters. The molecule has 16 heavy (non-hydrogen) atoms. The molecular weight excluding hydrogens is 216 g/mol. The van der Waals surface area contributed by atoms with Gasteiger partial charge in [0.15, 0.2) is 0 Å². The van der Waals surface area contributed by atoms with E-state index in [0.717, 1.165) is 6.54 Å². The first-order valence-electron chi connectivity index (χ1n) is 5.71. The summed E-state index contributed by atoms with van der Waals surface area (Å²) in [6.45, 7) is 3.21. The molecule has 1 aromatic carbocycles. The van der Waals surface area contributed by atoms with Gasteiger partial charge in [-0.15, -0.1) is 0 Å². The van der Waals surface area contributed by atoms with Crippen LogP contribution in [0.15, 0.2) is 30.3 Å². The van der Waals surface area contributed by atoms with E-state index >= 15 is 0 Å². The minimum Gasteiger partial charge on any atom is -0.392 e. The summed E-state index contributed by atoms with van der Waals surface area (Å²) in [5, 5.41) is 0. The lowest BCUT2D eigenvalue weighted by Crippen LogP contribution is -2.34. The highest BCUT2D eigenvalue weighted by Crippen LogP contribution is 2.19. The minimum atomic E-state index is 0.0581. The van der Waals surface area contributed by atoms with Crippen LogP contribution in [0.1, 0.15) is 31.4 Å². The molecule has 0 amide bonds. The van der Waals surface area contributed by atoms with Crippen molar-refractivity contribution in [2.75, 3.05) is 13.6 Å². The average Bonchev–Trinajstić information content (AvgIpc) is 2.27. The molecule has 88 valence electrons. The molecule has 0 bridgehead atoms. The minimum absolute atomic E-state index is 0.0581. The van der Waals surface area contributed by atoms with E-state index in [1.54, 1.807) is 0 Å². The Bertz CT molecular complexity index is 324. The third-order valence-electron chi connectivity index (χ3n) is 2.69. The highest BCUT2D eigenvalue weighted by molar-refractivity contribution is 7.80. The second kappa shape index (κ2) is 6.61. The molecule has 0 saturated carbocycles. The van der Waals surface area contributed by atoms with Crippen molar-refractivity contribution in [3.05, 3.63) is 35.9 Å². The number of rotatable bonds is 6. The van der Waals surface area contributed by atoms with Crippen LogP contribution >= 0.6 is 12.2 Å². The number of nitrogens with two attached hydrogens (primary N) is 1. The lowest BCUT2D eigenvalue weighted by Gasteiger charge is -2.27. The lowest BCUT2D eigenvalue weighted by molar-refractivity contribution is 0.296. The van der Waals surface area contributed by atoms with E-state index in [0.29, 0.717) is 4.99 Å². The fraction of sp³-hybridized carbons (Fsp3) is 0.462. The highest BCUT2D eigenvalue weighted by Gasteiger charge is 2.18. The molecule has 1 rings (SSSR count). The Morgan fingerprint density at radius 3 is 2.50 bits per heavy atom. The van der Waals surface area contributed by atoms with Crippen molar-refractivity contribution >= 4 is 17.2 Å². The summed E-state index contributed by atoms with van der Waals surface area (Å²) in [5.41, 5.74) is 7.01. The maximum Gasteiger partial charge on any atom is 0.0948 e. The van der Waals surface area contributed by atoms with Gasteiger partial charge in [-0.3, -0.25) is 4.90 Å². The molecule has 0 aliphatic carbocycles. The summed E-state index contributed by atoms with van der Waals surface area (Å²) in [4.78, 5) is 2.77. The largest absolute Gasteiger partial charge is 0.392 e. The average molecular weight is 236 g/mol. The Labute approximate surface area is 103 Å². The van der Waals surface area contributed by atoms with Crippen molar-refractivity contribution in [1.29, 1.82) is 0 Å². The van der Waals surface area contributed by atoms with Crippen molar-refractivity contribution in [3.8, 4) is 0 Å². The van der Waals surface area contributed by atoms with Crippen LogP contribution in [-0.2, 0) is 0 Å². The van der Waals surface area contributed by atoms with E-state index in [4.69, 9.17) is 18.0 Å². The summed E-state index contributed by atoms with van der Waals surface area (Å²) in [5.74, 6) is 0. The monoisotopic (exact) mass is 236 g/mol. The van der Waals surface area contributed by atoms with E-state index in [1.807, 2.05) is 18.2 Å². The Morgan fingerprint density at radius 2 is 2.00 bits per heavy atom. The maximum absolute atomic E-state index is 5.83. The Kier molecular flexibility index (Phi) is 5.43. The number of unbranched alkanes of at least 4 members (excludes halogenated alkanes) is 1. The summed E-state index contributed by atoms with van der Waals surface area (Å²) in [7, 11) is 2.08. The van der Waals surface area contributed by atoms with Crippen LogP contribution in [0.2, 0.25) is 0 Å². The van der Waals surface area contributed by atoms with Crippen LogP contribution in [0.5, 0.6) is 0 Å². The van der Waals surface area contributed by atoms with Crippen molar-refractivity contribution < 1.29 is 0 Å². The highest BCUT2D eigenvalue weighted by atomic mass is 32.1. The lowest BCUT2D eigenvalue weighted by atomic mass is 10.1. The number of hydrogen-bond acceptors (Lipinski definition) is 2. The molecule has 0 fully saturated rings. The first-order valence-corrected chi connectivity index (χ1v) is 6.12. The van der Waals surface area contributed by atoms with Crippen LogP contribution in [-0.4, -0.2) is 23.5 Å². The predicted octanol–water partition coefficient (Wildman–Crippen LogP) is 2.75. The molecule has 2 nitrogen and oxygen atoms in total. The van der Waals surface area contributed by atoms with Gasteiger partial charge in [0.2, 0.25) is 0 Å². The van der Waals surface area contributed by atoms with E-state index in [9.17, 15) is 0 Å². The van der Waals surface area contributed by atoms with Crippen molar-refractivity contribution in [2.24, 2.45) is 5.73 Å². The van der Waals surface area contributed by atoms with Gasteiger partial charge in [-0.05, 0) is 25.6 Å². The van der Waals surface area contributed by atoms with Gasteiger partial charge in [0.05, 0.1) is 11.0 Å². The van der Waals surface area contributed by atoms with Gasteiger partial charge < -0.3 is 5.73 Å². The van der Waals surface area contributed by atoms with Crippen LogP contribution in [0.3, 0.4) is 0 Å². The van der Waals surface area contributed by atoms with E-state index in [1.165, 1.54) is 18.4 Å². The fourth-order valence-corrected chi connectivity index (χ4v) is 2.12. The number of likely N-dealkylation sites (N-methyl/N-ethyl adjacent to an activating group) is 1. The predicted molar refractivity (Wildman–Crippen MR) is 73.5 cm³/mol.